The summed E-state index contributed by atoms with van der Waals surface area (Å²) < 4.78 is 10.4. The van der Waals surface area contributed by atoms with Crippen LogP contribution in [-0.4, -0.2) is 60.4 Å². The molecule has 6 heteroatoms. The third-order valence-corrected chi connectivity index (χ3v) is 2.46. The van der Waals surface area contributed by atoms with Crippen LogP contribution in [0.1, 0.15) is 20.3 Å². The second kappa shape index (κ2) is 6.56. The smallest absolute Gasteiger partial charge is 0.334 e. The molecule has 0 aliphatic carbocycles. The molecule has 0 spiro atoms. The molecule has 0 radical (unpaired) electrons. The van der Waals surface area contributed by atoms with Crippen LogP contribution in [0.4, 0.5) is 0 Å². The second-order valence-electron chi connectivity index (χ2n) is 4.12. The van der Waals surface area contributed by atoms with E-state index < -0.39 is 12.1 Å². The van der Waals surface area contributed by atoms with Crippen LogP contribution in [0.15, 0.2) is 0 Å². The number of hydrogen-bond donors (Lipinski definition) is 1. The molecule has 1 rings (SSSR count). The van der Waals surface area contributed by atoms with Crippen LogP contribution < -0.4 is 0 Å². The Morgan fingerprint density at radius 1 is 1.47 bits per heavy atom. The molecule has 0 aromatic heterocycles. The van der Waals surface area contributed by atoms with Crippen molar-refractivity contribution in [3.63, 3.8) is 0 Å². The summed E-state index contributed by atoms with van der Waals surface area (Å²) in [6.07, 6.45) is -0.348. The molecule has 1 unspecified atom stereocenters. The summed E-state index contributed by atoms with van der Waals surface area (Å²) in [6.45, 7) is 4.76. The largest absolute Gasteiger partial charge is 0.479 e. The van der Waals surface area contributed by atoms with E-state index in [2.05, 4.69) is 0 Å². The summed E-state index contributed by atoms with van der Waals surface area (Å²) in [5.41, 5.74) is 0. The second-order valence-corrected chi connectivity index (χ2v) is 4.12. The monoisotopic (exact) mass is 245 g/mol. The highest BCUT2D eigenvalue weighted by atomic mass is 16.5. The van der Waals surface area contributed by atoms with Crippen LogP contribution in [0.2, 0.25) is 0 Å². The fourth-order valence-electron chi connectivity index (χ4n) is 1.69. The van der Waals surface area contributed by atoms with Crippen LogP contribution >= 0.6 is 0 Å². The third-order valence-electron chi connectivity index (χ3n) is 2.46. The Bertz CT molecular complexity index is 281. The molecule has 1 aliphatic heterocycles. The molecule has 0 aromatic carbocycles. The number of aliphatic carboxylic acids is 1. The first-order valence-electron chi connectivity index (χ1n) is 5.78. The molecule has 98 valence electrons. The van der Waals surface area contributed by atoms with E-state index in [1.54, 1.807) is 6.92 Å². The van der Waals surface area contributed by atoms with Gasteiger partial charge in [0, 0.05) is 13.2 Å². The lowest BCUT2D eigenvalue weighted by atomic mass is 10.2. The van der Waals surface area contributed by atoms with Crippen LogP contribution in [0, 0.1) is 0 Å². The molecule has 17 heavy (non-hydrogen) atoms. The number of carboxylic acid groups (broad SMARTS) is 1. The zero-order valence-electron chi connectivity index (χ0n) is 10.2. The average molecular weight is 245 g/mol. The Labute approximate surface area is 100 Å². The van der Waals surface area contributed by atoms with Gasteiger partial charge in [-0.15, -0.1) is 0 Å². The van der Waals surface area contributed by atoms with Gasteiger partial charge in [-0.2, -0.15) is 0 Å². The predicted molar refractivity (Wildman–Crippen MR) is 59.7 cm³/mol. The molecule has 1 amide bonds. The summed E-state index contributed by atoms with van der Waals surface area (Å²) in [5.74, 6) is -1.22. The van der Waals surface area contributed by atoms with Crippen molar-refractivity contribution >= 4 is 11.9 Å². The Kier molecular flexibility index (Phi) is 5.37. The van der Waals surface area contributed by atoms with E-state index in [4.69, 9.17) is 14.6 Å². The van der Waals surface area contributed by atoms with E-state index in [-0.39, 0.29) is 25.2 Å². The molecule has 0 bridgehead atoms. The molecule has 6 nitrogen and oxygen atoms in total. The fraction of sp³-hybridized carbons (Fsp3) is 0.818. The van der Waals surface area contributed by atoms with Crippen LogP contribution in [0.5, 0.6) is 0 Å². The quantitative estimate of drug-likeness (QED) is 0.696. The zero-order valence-corrected chi connectivity index (χ0v) is 10.2. The van der Waals surface area contributed by atoms with Crippen molar-refractivity contribution in [2.75, 3.05) is 26.3 Å². The van der Waals surface area contributed by atoms with Gasteiger partial charge in [0.15, 0.2) is 6.10 Å². The first-order chi connectivity index (χ1) is 8.04. The number of nitrogens with zero attached hydrogens (tertiary/aromatic N) is 1. The minimum atomic E-state index is -1.04. The van der Waals surface area contributed by atoms with E-state index in [0.29, 0.717) is 13.2 Å². The van der Waals surface area contributed by atoms with E-state index in [0.717, 1.165) is 6.42 Å². The van der Waals surface area contributed by atoms with Gasteiger partial charge in [-0.1, -0.05) is 6.92 Å². The maximum atomic E-state index is 11.7. The van der Waals surface area contributed by atoms with Gasteiger partial charge in [-0.3, -0.25) is 4.79 Å². The zero-order chi connectivity index (χ0) is 12.8. The van der Waals surface area contributed by atoms with Gasteiger partial charge in [0.05, 0.1) is 12.6 Å². The summed E-state index contributed by atoms with van der Waals surface area (Å²) in [7, 11) is 0. The normalized spacial score (nSPS) is 24.7. The van der Waals surface area contributed by atoms with Gasteiger partial charge in [-0.05, 0) is 13.3 Å². The predicted octanol–water partition coefficient (Wildman–Crippen LogP) is 0.114. The molecule has 0 saturated carbocycles. The highest BCUT2D eigenvalue weighted by Crippen LogP contribution is 2.11. The first-order valence-corrected chi connectivity index (χ1v) is 5.78. The highest BCUT2D eigenvalue weighted by molar-refractivity contribution is 5.79. The molecule has 1 saturated heterocycles. The first kappa shape index (κ1) is 13.9. The maximum Gasteiger partial charge on any atom is 0.334 e. The van der Waals surface area contributed by atoms with Gasteiger partial charge in [0.2, 0.25) is 5.91 Å². The standard InChI is InChI=1S/C11H19NO5/c1-3-4-16-7-10(13)12-5-8(2)17-9(6-12)11(14)15/h8-9H,3-7H2,1-2H3,(H,14,15)/t8-,9?/m1/s1. The molecule has 0 aromatic rings. The van der Waals surface area contributed by atoms with Crippen molar-refractivity contribution in [3.05, 3.63) is 0 Å². The van der Waals surface area contributed by atoms with Crippen LogP contribution in [0.3, 0.4) is 0 Å². The Morgan fingerprint density at radius 3 is 2.76 bits per heavy atom. The van der Waals surface area contributed by atoms with Crippen molar-refractivity contribution in [2.24, 2.45) is 0 Å². The molecule has 1 aliphatic rings. The van der Waals surface area contributed by atoms with E-state index in [1.165, 1.54) is 4.90 Å². The van der Waals surface area contributed by atoms with E-state index >= 15 is 0 Å². The highest BCUT2D eigenvalue weighted by Gasteiger charge is 2.32. The van der Waals surface area contributed by atoms with E-state index in [1.807, 2.05) is 6.92 Å². The van der Waals surface area contributed by atoms with Gasteiger partial charge < -0.3 is 19.5 Å². The van der Waals surface area contributed by atoms with Crippen LogP contribution in [0.25, 0.3) is 0 Å². The number of amides is 1. The van der Waals surface area contributed by atoms with E-state index in [9.17, 15) is 9.59 Å². The van der Waals surface area contributed by atoms with Crippen molar-refractivity contribution in [1.82, 2.24) is 4.90 Å². The van der Waals surface area contributed by atoms with Crippen molar-refractivity contribution in [3.8, 4) is 0 Å². The Hall–Kier alpha value is -1.14. The molecule has 1 N–H and O–H groups in total. The number of carboxylic acids is 1. The number of morpholine rings is 1. The Balaban J connectivity index is 2.46. The third kappa shape index (κ3) is 4.32. The molecule has 2 atom stereocenters. The summed E-state index contributed by atoms with van der Waals surface area (Å²) in [4.78, 5) is 24.1. The summed E-state index contributed by atoms with van der Waals surface area (Å²) >= 11 is 0. The van der Waals surface area contributed by atoms with Gasteiger partial charge in [-0.25, -0.2) is 4.79 Å². The minimum Gasteiger partial charge on any atom is -0.479 e. The summed E-state index contributed by atoms with van der Waals surface area (Å²) in [5, 5.41) is 8.88. The SMILES string of the molecule is CCCOCC(=O)N1CC(C(=O)O)O[C@H](C)C1. The number of carbonyl (C=O) groups excluding carboxylic acids is 1. The molecular formula is C11H19NO5. The number of carbonyl (C=O) groups is 2. The molecular weight excluding hydrogens is 226 g/mol. The van der Waals surface area contributed by atoms with Crippen molar-refractivity contribution in [1.29, 1.82) is 0 Å². The van der Waals surface area contributed by atoms with Crippen molar-refractivity contribution in [2.45, 2.75) is 32.5 Å². The van der Waals surface area contributed by atoms with Crippen LogP contribution in [-0.2, 0) is 19.1 Å². The lowest BCUT2D eigenvalue weighted by molar-refractivity contribution is -0.167. The number of ether oxygens (including phenoxy) is 2. The summed E-state index contributed by atoms with van der Waals surface area (Å²) in [6, 6.07) is 0. The molecule has 1 heterocycles. The van der Waals surface area contributed by atoms with Crippen molar-refractivity contribution < 1.29 is 24.2 Å². The minimum absolute atomic E-state index is 0.00684. The lowest BCUT2D eigenvalue weighted by Crippen LogP contribution is -2.52. The Morgan fingerprint density at radius 2 is 2.18 bits per heavy atom. The number of hydrogen-bond acceptors (Lipinski definition) is 4. The van der Waals surface area contributed by atoms with Gasteiger partial charge in [0.1, 0.15) is 6.61 Å². The topological polar surface area (TPSA) is 76.1 Å². The average Bonchev–Trinajstić information content (AvgIpc) is 2.28. The lowest BCUT2D eigenvalue weighted by Gasteiger charge is -2.34. The maximum absolute atomic E-state index is 11.7. The molecule has 1 fully saturated rings. The fourth-order valence-corrected chi connectivity index (χ4v) is 1.69. The van der Waals surface area contributed by atoms with Gasteiger partial charge >= 0.3 is 5.97 Å². The number of rotatable bonds is 5. The van der Waals surface area contributed by atoms with Gasteiger partial charge in [0.25, 0.3) is 0 Å².